The smallest absolute Gasteiger partial charge is 0.408 e. The van der Waals surface area contributed by atoms with E-state index < -0.39 is 12.1 Å². The maximum absolute atomic E-state index is 11.7. The molecule has 0 bridgehead atoms. The highest BCUT2D eigenvalue weighted by molar-refractivity contribution is 5.85. The predicted octanol–water partition coefficient (Wildman–Crippen LogP) is 2.61. The molecule has 0 aliphatic heterocycles. The van der Waals surface area contributed by atoms with E-state index in [1.807, 2.05) is 30.3 Å². The minimum Gasteiger partial charge on any atom is -0.445 e. The Hall–Kier alpha value is -2.04. The van der Waals surface area contributed by atoms with E-state index in [9.17, 15) is 9.59 Å². The molecule has 0 saturated heterocycles. The fourth-order valence-electron chi connectivity index (χ4n) is 1.75. The third-order valence-corrected chi connectivity index (χ3v) is 3.02. The Morgan fingerprint density at radius 3 is 2.57 bits per heavy atom. The number of hydrogen-bond donors (Lipinski definition) is 2. The Bertz CT molecular complexity index is 434. The first-order chi connectivity index (χ1) is 10.1. The lowest BCUT2D eigenvalue weighted by Gasteiger charge is -2.14. The van der Waals surface area contributed by atoms with Crippen molar-refractivity contribution in [2.75, 3.05) is 6.54 Å². The van der Waals surface area contributed by atoms with Crippen LogP contribution in [0.3, 0.4) is 0 Å². The SMILES string of the molecule is CCCCCNC(=O)[C@H](C)NC(=O)OCc1ccccc1. The lowest BCUT2D eigenvalue weighted by Crippen LogP contribution is -2.45. The topological polar surface area (TPSA) is 67.4 Å². The summed E-state index contributed by atoms with van der Waals surface area (Å²) < 4.78 is 5.06. The van der Waals surface area contributed by atoms with Crippen molar-refractivity contribution >= 4 is 12.0 Å². The van der Waals surface area contributed by atoms with Crippen LogP contribution in [-0.4, -0.2) is 24.6 Å². The number of hydrogen-bond acceptors (Lipinski definition) is 3. The molecule has 1 atom stereocenters. The first-order valence-corrected chi connectivity index (χ1v) is 7.38. The van der Waals surface area contributed by atoms with Gasteiger partial charge in [-0.2, -0.15) is 0 Å². The Balaban J connectivity index is 2.22. The van der Waals surface area contributed by atoms with Crippen molar-refractivity contribution in [1.82, 2.24) is 10.6 Å². The van der Waals surface area contributed by atoms with Gasteiger partial charge >= 0.3 is 6.09 Å². The van der Waals surface area contributed by atoms with Gasteiger partial charge in [-0.1, -0.05) is 50.1 Å². The van der Waals surface area contributed by atoms with E-state index in [0.29, 0.717) is 6.54 Å². The fourth-order valence-corrected chi connectivity index (χ4v) is 1.75. The average Bonchev–Trinajstić information content (AvgIpc) is 2.50. The first kappa shape index (κ1) is 17.0. The molecule has 1 aromatic carbocycles. The number of ether oxygens (including phenoxy) is 1. The molecule has 0 unspecified atom stereocenters. The number of carbonyl (C=O) groups excluding carboxylic acids is 2. The van der Waals surface area contributed by atoms with E-state index in [-0.39, 0.29) is 12.5 Å². The number of unbranched alkanes of at least 4 members (excludes halogenated alkanes) is 2. The number of benzene rings is 1. The van der Waals surface area contributed by atoms with E-state index in [0.717, 1.165) is 24.8 Å². The monoisotopic (exact) mass is 292 g/mol. The van der Waals surface area contributed by atoms with Gasteiger partial charge in [0.25, 0.3) is 0 Å². The molecule has 0 aromatic heterocycles. The highest BCUT2D eigenvalue weighted by atomic mass is 16.5. The zero-order valence-electron chi connectivity index (χ0n) is 12.7. The Morgan fingerprint density at radius 1 is 1.19 bits per heavy atom. The van der Waals surface area contributed by atoms with E-state index in [1.165, 1.54) is 0 Å². The van der Waals surface area contributed by atoms with Crippen LogP contribution in [-0.2, 0) is 16.1 Å². The largest absolute Gasteiger partial charge is 0.445 e. The normalized spacial score (nSPS) is 11.5. The van der Waals surface area contributed by atoms with Gasteiger partial charge in [-0.05, 0) is 18.9 Å². The standard InChI is InChI=1S/C16H24N2O3/c1-3-4-8-11-17-15(19)13(2)18-16(20)21-12-14-9-6-5-7-10-14/h5-7,9-10,13H,3-4,8,11-12H2,1-2H3,(H,17,19)(H,18,20)/t13-/m0/s1. The number of nitrogens with one attached hydrogen (secondary N) is 2. The molecule has 0 heterocycles. The van der Waals surface area contributed by atoms with Gasteiger partial charge in [-0.25, -0.2) is 4.79 Å². The maximum Gasteiger partial charge on any atom is 0.408 e. The molecule has 5 heteroatoms. The molecule has 0 spiro atoms. The highest BCUT2D eigenvalue weighted by Crippen LogP contribution is 2.00. The minimum atomic E-state index is -0.602. The number of amides is 2. The van der Waals surface area contributed by atoms with E-state index in [2.05, 4.69) is 17.6 Å². The van der Waals surface area contributed by atoms with Gasteiger partial charge in [0.05, 0.1) is 0 Å². The Morgan fingerprint density at radius 2 is 1.90 bits per heavy atom. The predicted molar refractivity (Wildman–Crippen MR) is 81.8 cm³/mol. The number of carbonyl (C=O) groups is 2. The van der Waals surface area contributed by atoms with E-state index in [1.54, 1.807) is 6.92 Å². The van der Waals surface area contributed by atoms with Gasteiger partial charge in [0.2, 0.25) is 5.91 Å². The first-order valence-electron chi connectivity index (χ1n) is 7.38. The summed E-state index contributed by atoms with van der Waals surface area (Å²) in [5.74, 6) is -0.192. The maximum atomic E-state index is 11.7. The molecule has 1 rings (SSSR count). The van der Waals surface area contributed by atoms with Crippen molar-refractivity contribution in [2.24, 2.45) is 0 Å². The van der Waals surface area contributed by atoms with E-state index in [4.69, 9.17) is 4.74 Å². The van der Waals surface area contributed by atoms with Gasteiger partial charge in [-0.15, -0.1) is 0 Å². The molecule has 0 fully saturated rings. The average molecular weight is 292 g/mol. The Labute approximate surface area is 126 Å². The molecule has 0 aliphatic carbocycles. The van der Waals surface area contributed by atoms with Crippen molar-refractivity contribution in [3.8, 4) is 0 Å². The van der Waals surface area contributed by atoms with Crippen LogP contribution in [0.2, 0.25) is 0 Å². The second-order valence-electron chi connectivity index (χ2n) is 4.93. The number of alkyl carbamates (subject to hydrolysis) is 1. The third-order valence-electron chi connectivity index (χ3n) is 3.02. The van der Waals surface area contributed by atoms with Crippen LogP contribution in [0.25, 0.3) is 0 Å². The molecule has 0 aliphatic rings. The minimum absolute atomic E-state index is 0.192. The number of rotatable bonds is 8. The van der Waals surface area contributed by atoms with Gasteiger partial charge in [0.1, 0.15) is 12.6 Å². The summed E-state index contributed by atoms with van der Waals surface area (Å²) in [6, 6.07) is 8.80. The fraction of sp³-hybridized carbons (Fsp3) is 0.500. The zero-order chi connectivity index (χ0) is 15.5. The van der Waals surface area contributed by atoms with Crippen LogP contribution < -0.4 is 10.6 Å². The summed E-state index contributed by atoms with van der Waals surface area (Å²) in [4.78, 5) is 23.3. The molecule has 0 radical (unpaired) electrons. The highest BCUT2D eigenvalue weighted by Gasteiger charge is 2.15. The summed E-state index contributed by atoms with van der Waals surface area (Å²) >= 11 is 0. The molecule has 2 N–H and O–H groups in total. The molecule has 21 heavy (non-hydrogen) atoms. The van der Waals surface area contributed by atoms with Crippen molar-refractivity contribution in [3.05, 3.63) is 35.9 Å². The summed E-state index contributed by atoms with van der Waals surface area (Å²) in [6.07, 6.45) is 2.56. The second kappa shape index (κ2) is 9.80. The van der Waals surface area contributed by atoms with Crippen LogP contribution in [0.4, 0.5) is 4.79 Å². The lowest BCUT2D eigenvalue weighted by molar-refractivity contribution is -0.122. The van der Waals surface area contributed by atoms with Crippen LogP contribution >= 0.6 is 0 Å². The molecule has 5 nitrogen and oxygen atoms in total. The Kier molecular flexibility index (Phi) is 7.94. The molecular weight excluding hydrogens is 268 g/mol. The molecule has 2 amide bonds. The molecule has 116 valence electrons. The third kappa shape index (κ3) is 7.34. The van der Waals surface area contributed by atoms with Crippen LogP contribution in [0.15, 0.2) is 30.3 Å². The van der Waals surface area contributed by atoms with Crippen LogP contribution in [0, 0.1) is 0 Å². The zero-order valence-corrected chi connectivity index (χ0v) is 12.7. The van der Waals surface area contributed by atoms with Crippen LogP contribution in [0.1, 0.15) is 38.7 Å². The summed E-state index contributed by atoms with van der Waals surface area (Å²) in [7, 11) is 0. The van der Waals surface area contributed by atoms with Crippen molar-refractivity contribution in [2.45, 2.75) is 45.8 Å². The van der Waals surface area contributed by atoms with Gasteiger partial charge < -0.3 is 15.4 Å². The van der Waals surface area contributed by atoms with Crippen molar-refractivity contribution in [3.63, 3.8) is 0 Å². The molecule has 0 saturated carbocycles. The van der Waals surface area contributed by atoms with Gasteiger partial charge in [0, 0.05) is 6.54 Å². The quantitative estimate of drug-likeness (QED) is 0.724. The second-order valence-corrected chi connectivity index (χ2v) is 4.93. The summed E-state index contributed by atoms with van der Waals surface area (Å²) in [5.41, 5.74) is 0.907. The summed E-state index contributed by atoms with van der Waals surface area (Å²) in [5, 5.41) is 5.30. The van der Waals surface area contributed by atoms with Crippen LogP contribution in [0.5, 0.6) is 0 Å². The van der Waals surface area contributed by atoms with E-state index >= 15 is 0 Å². The molecular formula is C16H24N2O3. The molecule has 1 aromatic rings. The summed E-state index contributed by atoms with van der Waals surface area (Å²) in [6.45, 7) is 4.57. The lowest BCUT2D eigenvalue weighted by atomic mass is 10.2. The van der Waals surface area contributed by atoms with Crippen molar-refractivity contribution < 1.29 is 14.3 Å². The van der Waals surface area contributed by atoms with Crippen molar-refractivity contribution in [1.29, 1.82) is 0 Å². The van der Waals surface area contributed by atoms with Gasteiger partial charge in [0.15, 0.2) is 0 Å². The van der Waals surface area contributed by atoms with Gasteiger partial charge in [-0.3, -0.25) is 4.79 Å².